The van der Waals surface area contributed by atoms with Gasteiger partial charge in [-0.15, -0.1) is 12.4 Å². The van der Waals surface area contributed by atoms with Gasteiger partial charge in [0.1, 0.15) is 5.76 Å². The van der Waals surface area contributed by atoms with Crippen LogP contribution in [0.5, 0.6) is 0 Å². The van der Waals surface area contributed by atoms with Gasteiger partial charge in [0, 0.05) is 13.1 Å². The van der Waals surface area contributed by atoms with Crippen molar-refractivity contribution in [2.75, 3.05) is 39.8 Å². The van der Waals surface area contributed by atoms with E-state index in [4.69, 9.17) is 4.42 Å². The molecule has 0 aliphatic carbocycles. The summed E-state index contributed by atoms with van der Waals surface area (Å²) in [5.74, 6) is 1.55. The van der Waals surface area contributed by atoms with Crippen LogP contribution in [0.4, 0.5) is 0 Å². The molecule has 0 bridgehead atoms. The number of likely N-dealkylation sites (tertiary alicyclic amines) is 1. The Balaban J connectivity index is 0.00000225. The first-order valence-corrected chi connectivity index (χ1v) is 10.5. The number of hydrogen-bond donors (Lipinski definition) is 1. The predicted octanol–water partition coefficient (Wildman–Crippen LogP) is 2.31. The second-order valence-electron chi connectivity index (χ2n) is 6.94. The molecule has 0 radical (unpaired) electrons. The molecule has 2 saturated heterocycles. The molecule has 2 aliphatic rings. The van der Waals surface area contributed by atoms with Crippen molar-refractivity contribution in [1.29, 1.82) is 0 Å². The number of hydrogen-bond acceptors (Lipinski definition) is 5. The molecule has 0 amide bonds. The summed E-state index contributed by atoms with van der Waals surface area (Å²) in [4.78, 5) is 2.36. The Morgan fingerprint density at radius 3 is 2.48 bits per heavy atom. The molecular formula is C17H30ClN3O3S. The average Bonchev–Trinajstić information content (AvgIpc) is 3.26. The van der Waals surface area contributed by atoms with Crippen molar-refractivity contribution in [3.63, 3.8) is 0 Å². The van der Waals surface area contributed by atoms with E-state index in [1.54, 1.807) is 6.07 Å². The maximum absolute atomic E-state index is 12.5. The lowest BCUT2D eigenvalue weighted by atomic mass is 9.93. The summed E-state index contributed by atoms with van der Waals surface area (Å²) < 4.78 is 32.2. The van der Waals surface area contributed by atoms with Gasteiger partial charge in [-0.25, -0.2) is 8.42 Å². The Morgan fingerprint density at radius 2 is 1.84 bits per heavy atom. The summed E-state index contributed by atoms with van der Waals surface area (Å²) >= 11 is 0. The molecule has 0 atom stereocenters. The van der Waals surface area contributed by atoms with E-state index >= 15 is 0 Å². The van der Waals surface area contributed by atoms with Crippen molar-refractivity contribution in [2.45, 2.75) is 43.7 Å². The normalized spacial score (nSPS) is 20.7. The molecule has 0 saturated carbocycles. The molecule has 1 N–H and O–H groups in total. The third kappa shape index (κ3) is 5.20. The lowest BCUT2D eigenvalue weighted by molar-refractivity contribution is 0.159. The van der Waals surface area contributed by atoms with E-state index in [1.807, 2.05) is 13.1 Å². The van der Waals surface area contributed by atoms with Gasteiger partial charge in [-0.05, 0) is 76.8 Å². The van der Waals surface area contributed by atoms with E-state index in [2.05, 4.69) is 10.2 Å². The zero-order valence-electron chi connectivity index (χ0n) is 14.9. The van der Waals surface area contributed by atoms with Gasteiger partial charge in [0.2, 0.25) is 5.09 Å². The maximum atomic E-state index is 12.5. The van der Waals surface area contributed by atoms with E-state index in [0.29, 0.717) is 19.6 Å². The molecule has 0 unspecified atom stereocenters. The number of furan rings is 1. The summed E-state index contributed by atoms with van der Waals surface area (Å²) in [6.45, 7) is 5.12. The highest BCUT2D eigenvalue weighted by Crippen LogP contribution is 2.25. The standard InChI is InChI=1S/C17H29N3O3S.ClH/c1-18-9-6-15-7-12-19(13-8-15)14-16-4-5-17(23-16)24(21,22)20-10-2-3-11-20;/h4-5,15,18H,2-3,6-14H2,1H3;1H. The first-order chi connectivity index (χ1) is 11.6. The number of piperidine rings is 1. The Kier molecular flexibility index (Phi) is 7.76. The first-order valence-electron chi connectivity index (χ1n) is 9.05. The minimum Gasteiger partial charge on any atom is -0.447 e. The quantitative estimate of drug-likeness (QED) is 0.772. The Labute approximate surface area is 157 Å². The van der Waals surface area contributed by atoms with Crippen LogP contribution in [0.2, 0.25) is 0 Å². The van der Waals surface area contributed by atoms with Crippen LogP contribution < -0.4 is 5.32 Å². The molecule has 0 spiro atoms. The predicted molar refractivity (Wildman–Crippen MR) is 100 cm³/mol. The van der Waals surface area contributed by atoms with Crippen LogP contribution in [-0.4, -0.2) is 57.4 Å². The second kappa shape index (κ2) is 9.37. The van der Waals surface area contributed by atoms with Crippen LogP contribution in [0.15, 0.2) is 21.6 Å². The van der Waals surface area contributed by atoms with E-state index in [9.17, 15) is 8.42 Å². The zero-order valence-corrected chi connectivity index (χ0v) is 16.6. The summed E-state index contributed by atoms with van der Waals surface area (Å²) in [6, 6.07) is 3.43. The molecule has 2 aliphatic heterocycles. The summed E-state index contributed by atoms with van der Waals surface area (Å²) in [5.41, 5.74) is 0. The largest absolute Gasteiger partial charge is 0.447 e. The molecule has 1 aromatic heterocycles. The van der Waals surface area contributed by atoms with Crippen molar-refractivity contribution >= 4 is 22.4 Å². The first kappa shape index (κ1) is 20.7. The highest BCUT2D eigenvalue weighted by Gasteiger charge is 2.30. The SMILES string of the molecule is CNCCC1CCN(Cc2ccc(S(=O)(=O)N3CCCC3)o2)CC1.Cl. The highest BCUT2D eigenvalue weighted by atomic mass is 35.5. The lowest BCUT2D eigenvalue weighted by Gasteiger charge is -2.31. The van der Waals surface area contributed by atoms with Crippen LogP contribution in [0, 0.1) is 5.92 Å². The van der Waals surface area contributed by atoms with E-state index in [1.165, 1.54) is 23.6 Å². The van der Waals surface area contributed by atoms with Crippen molar-refractivity contribution in [1.82, 2.24) is 14.5 Å². The topological polar surface area (TPSA) is 65.8 Å². The number of halogens is 1. The van der Waals surface area contributed by atoms with Crippen molar-refractivity contribution in [3.8, 4) is 0 Å². The van der Waals surface area contributed by atoms with E-state index in [-0.39, 0.29) is 17.5 Å². The van der Waals surface area contributed by atoms with Crippen molar-refractivity contribution in [2.24, 2.45) is 5.92 Å². The van der Waals surface area contributed by atoms with Crippen molar-refractivity contribution < 1.29 is 12.8 Å². The maximum Gasteiger partial charge on any atom is 0.276 e. The van der Waals surface area contributed by atoms with Crippen LogP contribution in [0.3, 0.4) is 0 Å². The Bertz CT molecular complexity index is 621. The molecule has 25 heavy (non-hydrogen) atoms. The van der Waals surface area contributed by atoms with E-state index < -0.39 is 10.0 Å². The molecule has 6 nitrogen and oxygen atoms in total. The molecule has 1 aromatic rings. The van der Waals surface area contributed by atoms with Crippen LogP contribution in [0.1, 0.15) is 37.9 Å². The highest BCUT2D eigenvalue weighted by molar-refractivity contribution is 7.89. The lowest BCUT2D eigenvalue weighted by Crippen LogP contribution is -2.34. The van der Waals surface area contributed by atoms with Gasteiger partial charge in [0.05, 0.1) is 6.54 Å². The molecular weight excluding hydrogens is 362 g/mol. The van der Waals surface area contributed by atoms with Gasteiger partial charge in [-0.1, -0.05) is 0 Å². The van der Waals surface area contributed by atoms with E-state index in [0.717, 1.165) is 44.2 Å². The molecule has 3 rings (SSSR count). The molecule has 3 heterocycles. The molecule has 8 heteroatoms. The molecule has 2 fully saturated rings. The van der Waals surface area contributed by atoms with Gasteiger partial charge in [-0.2, -0.15) is 4.31 Å². The third-order valence-electron chi connectivity index (χ3n) is 5.19. The monoisotopic (exact) mass is 391 g/mol. The number of nitrogens with zero attached hydrogens (tertiary/aromatic N) is 2. The van der Waals surface area contributed by atoms with Gasteiger partial charge in [-0.3, -0.25) is 4.90 Å². The summed E-state index contributed by atoms with van der Waals surface area (Å²) in [5, 5.41) is 3.32. The third-order valence-corrected chi connectivity index (χ3v) is 6.96. The van der Waals surface area contributed by atoms with Crippen LogP contribution in [0.25, 0.3) is 0 Å². The smallest absolute Gasteiger partial charge is 0.276 e. The molecule has 144 valence electrons. The zero-order chi connectivity index (χ0) is 17.0. The Morgan fingerprint density at radius 1 is 1.16 bits per heavy atom. The van der Waals surface area contributed by atoms with Crippen LogP contribution in [-0.2, 0) is 16.6 Å². The second-order valence-corrected chi connectivity index (χ2v) is 8.81. The number of rotatable bonds is 7. The minimum absolute atomic E-state index is 0. The minimum atomic E-state index is -3.44. The Hall–Kier alpha value is -0.600. The van der Waals surface area contributed by atoms with Gasteiger partial charge in [0.25, 0.3) is 10.0 Å². The van der Waals surface area contributed by atoms with Gasteiger partial charge in [0.15, 0.2) is 0 Å². The van der Waals surface area contributed by atoms with Gasteiger partial charge < -0.3 is 9.73 Å². The summed E-state index contributed by atoms with van der Waals surface area (Å²) in [6.07, 6.45) is 5.54. The number of nitrogens with one attached hydrogen (secondary N) is 1. The average molecular weight is 392 g/mol. The van der Waals surface area contributed by atoms with Crippen molar-refractivity contribution in [3.05, 3.63) is 17.9 Å². The fraction of sp³-hybridized carbons (Fsp3) is 0.765. The fourth-order valence-corrected chi connectivity index (χ4v) is 5.09. The van der Waals surface area contributed by atoms with Crippen LogP contribution >= 0.6 is 12.4 Å². The fourth-order valence-electron chi connectivity index (χ4n) is 3.64. The number of sulfonamides is 1. The molecule has 0 aromatic carbocycles. The summed E-state index contributed by atoms with van der Waals surface area (Å²) in [7, 11) is -1.44. The van der Waals surface area contributed by atoms with Gasteiger partial charge >= 0.3 is 0 Å².